The highest BCUT2D eigenvalue weighted by atomic mass is 32.2. The van der Waals surface area contributed by atoms with Crippen molar-refractivity contribution in [2.24, 2.45) is 0 Å². The summed E-state index contributed by atoms with van der Waals surface area (Å²) in [5.41, 5.74) is 1.19. The van der Waals surface area contributed by atoms with Crippen molar-refractivity contribution in [3.63, 3.8) is 0 Å². The number of sulfonamides is 1. The van der Waals surface area contributed by atoms with Crippen LogP contribution in [0.4, 0.5) is 4.39 Å². The average molecular weight is 315 g/mol. The molecule has 0 spiro atoms. The second-order valence-electron chi connectivity index (χ2n) is 5.81. The summed E-state index contributed by atoms with van der Waals surface area (Å²) in [6.07, 6.45) is 2.78. The predicted octanol–water partition coefficient (Wildman–Crippen LogP) is 4.03. The summed E-state index contributed by atoms with van der Waals surface area (Å²) in [4.78, 5) is -0.182. The van der Waals surface area contributed by atoms with Crippen LogP contribution in [0.5, 0.6) is 0 Å². The highest BCUT2D eigenvalue weighted by Gasteiger charge is 2.30. The Morgan fingerprint density at radius 3 is 2.29 bits per heavy atom. The molecule has 1 aromatic carbocycles. The van der Waals surface area contributed by atoms with Gasteiger partial charge < -0.3 is 0 Å². The quantitative estimate of drug-likeness (QED) is 0.712. The first-order chi connectivity index (χ1) is 9.71. The average Bonchev–Trinajstić information content (AvgIpc) is 2.31. The van der Waals surface area contributed by atoms with Gasteiger partial charge in [-0.1, -0.05) is 25.8 Å². The maximum Gasteiger partial charge on any atom is 0.246 e. The molecule has 0 heterocycles. The molecule has 0 amide bonds. The maximum absolute atomic E-state index is 14.2. The first kappa shape index (κ1) is 18.1. The van der Waals surface area contributed by atoms with Gasteiger partial charge in [-0.05, 0) is 51.3 Å². The minimum atomic E-state index is -3.80. The molecule has 0 radical (unpaired) electrons. The van der Waals surface area contributed by atoms with Crippen LogP contribution in [-0.4, -0.2) is 25.3 Å². The summed E-state index contributed by atoms with van der Waals surface area (Å²) in [5, 5.41) is 0. The standard InChI is InChI=1S/C16H26FNO2S/c1-6-7-8-9-18(12(2)3)21(19,20)16-14(5)10-13(4)11-15(16)17/h10-12H,6-9H2,1-5H3. The van der Waals surface area contributed by atoms with Crippen LogP contribution in [0, 0.1) is 19.7 Å². The number of nitrogens with zero attached hydrogens (tertiary/aromatic N) is 1. The van der Waals surface area contributed by atoms with Gasteiger partial charge in [0.1, 0.15) is 10.7 Å². The summed E-state index contributed by atoms with van der Waals surface area (Å²) in [5.74, 6) is -0.659. The minimum absolute atomic E-state index is 0.182. The normalized spacial score (nSPS) is 12.4. The molecule has 0 atom stereocenters. The van der Waals surface area contributed by atoms with Crippen molar-refractivity contribution in [2.45, 2.75) is 64.8 Å². The van der Waals surface area contributed by atoms with Crippen molar-refractivity contribution in [1.82, 2.24) is 4.31 Å². The van der Waals surface area contributed by atoms with E-state index in [0.717, 1.165) is 24.8 Å². The van der Waals surface area contributed by atoms with Gasteiger partial charge in [0.25, 0.3) is 0 Å². The van der Waals surface area contributed by atoms with Crippen LogP contribution in [0.3, 0.4) is 0 Å². The highest BCUT2D eigenvalue weighted by Crippen LogP contribution is 2.26. The maximum atomic E-state index is 14.2. The third-order valence-corrected chi connectivity index (χ3v) is 5.75. The van der Waals surface area contributed by atoms with Crippen LogP contribution >= 0.6 is 0 Å². The van der Waals surface area contributed by atoms with E-state index < -0.39 is 15.8 Å². The van der Waals surface area contributed by atoms with Gasteiger partial charge in [-0.3, -0.25) is 0 Å². The lowest BCUT2D eigenvalue weighted by molar-refractivity contribution is 0.343. The Labute approximate surface area is 128 Å². The van der Waals surface area contributed by atoms with E-state index in [1.54, 1.807) is 19.9 Å². The Bertz CT molecular complexity index is 559. The molecule has 0 saturated heterocycles. The molecule has 1 rings (SSSR count). The van der Waals surface area contributed by atoms with Gasteiger partial charge in [0.15, 0.2) is 0 Å². The molecule has 0 fully saturated rings. The van der Waals surface area contributed by atoms with Gasteiger partial charge in [-0.15, -0.1) is 0 Å². The fourth-order valence-corrected chi connectivity index (χ4v) is 4.45. The molecule has 0 bridgehead atoms. The molecule has 0 aliphatic rings. The lowest BCUT2D eigenvalue weighted by Crippen LogP contribution is -2.38. The van der Waals surface area contributed by atoms with Gasteiger partial charge in [0.2, 0.25) is 10.0 Å². The van der Waals surface area contributed by atoms with E-state index in [4.69, 9.17) is 0 Å². The Morgan fingerprint density at radius 2 is 1.81 bits per heavy atom. The van der Waals surface area contributed by atoms with E-state index in [0.29, 0.717) is 12.1 Å². The van der Waals surface area contributed by atoms with Crippen LogP contribution in [0.1, 0.15) is 51.2 Å². The molecule has 0 unspecified atom stereocenters. The summed E-state index contributed by atoms with van der Waals surface area (Å²) in [6.45, 7) is 9.55. The van der Waals surface area contributed by atoms with Crippen LogP contribution in [0.15, 0.2) is 17.0 Å². The van der Waals surface area contributed by atoms with E-state index in [1.807, 2.05) is 13.8 Å². The number of halogens is 1. The number of aryl methyl sites for hydroxylation is 2. The lowest BCUT2D eigenvalue weighted by Gasteiger charge is -2.27. The molecule has 0 saturated carbocycles. The summed E-state index contributed by atoms with van der Waals surface area (Å²) in [6, 6.07) is 2.80. The van der Waals surface area contributed by atoms with Crippen LogP contribution < -0.4 is 0 Å². The number of unbranched alkanes of at least 4 members (excludes halogenated alkanes) is 2. The van der Waals surface area contributed by atoms with Crippen molar-refractivity contribution >= 4 is 10.0 Å². The summed E-state index contributed by atoms with van der Waals surface area (Å²) in [7, 11) is -3.80. The fraction of sp³-hybridized carbons (Fsp3) is 0.625. The topological polar surface area (TPSA) is 37.4 Å². The van der Waals surface area contributed by atoms with Gasteiger partial charge in [-0.25, -0.2) is 12.8 Å². The third kappa shape index (κ3) is 4.27. The first-order valence-electron chi connectivity index (χ1n) is 7.50. The molecule has 0 N–H and O–H groups in total. The minimum Gasteiger partial charge on any atom is -0.207 e. The molecule has 0 aliphatic heterocycles. The second kappa shape index (κ2) is 7.36. The molecular weight excluding hydrogens is 289 g/mol. The van der Waals surface area contributed by atoms with Gasteiger partial charge in [-0.2, -0.15) is 4.31 Å². The Hall–Kier alpha value is -0.940. The molecule has 0 aromatic heterocycles. The van der Waals surface area contributed by atoms with Gasteiger partial charge in [0.05, 0.1) is 0 Å². The summed E-state index contributed by atoms with van der Waals surface area (Å²) >= 11 is 0. The van der Waals surface area contributed by atoms with Gasteiger partial charge in [0, 0.05) is 12.6 Å². The molecular formula is C16H26FNO2S. The van der Waals surface area contributed by atoms with Crippen molar-refractivity contribution < 1.29 is 12.8 Å². The second-order valence-corrected chi connectivity index (χ2v) is 7.64. The van der Waals surface area contributed by atoms with Gasteiger partial charge >= 0.3 is 0 Å². The van der Waals surface area contributed by atoms with E-state index in [1.165, 1.54) is 10.4 Å². The molecule has 0 aliphatic carbocycles. The first-order valence-corrected chi connectivity index (χ1v) is 8.94. The monoisotopic (exact) mass is 315 g/mol. The third-order valence-electron chi connectivity index (χ3n) is 3.50. The Morgan fingerprint density at radius 1 is 1.19 bits per heavy atom. The molecule has 3 nitrogen and oxygen atoms in total. The van der Waals surface area contributed by atoms with Crippen LogP contribution in [0.25, 0.3) is 0 Å². The molecule has 5 heteroatoms. The number of rotatable bonds is 7. The molecule has 21 heavy (non-hydrogen) atoms. The van der Waals surface area contributed by atoms with Crippen molar-refractivity contribution in [3.05, 3.63) is 29.1 Å². The number of benzene rings is 1. The fourth-order valence-electron chi connectivity index (χ4n) is 2.52. The van der Waals surface area contributed by atoms with Crippen LogP contribution in [-0.2, 0) is 10.0 Å². The highest BCUT2D eigenvalue weighted by molar-refractivity contribution is 7.89. The van der Waals surface area contributed by atoms with E-state index in [9.17, 15) is 12.8 Å². The Kier molecular flexibility index (Phi) is 6.35. The number of hydrogen-bond donors (Lipinski definition) is 0. The van der Waals surface area contributed by atoms with E-state index in [-0.39, 0.29) is 10.9 Å². The van der Waals surface area contributed by atoms with E-state index in [2.05, 4.69) is 6.92 Å². The van der Waals surface area contributed by atoms with Crippen LogP contribution in [0.2, 0.25) is 0 Å². The zero-order chi connectivity index (χ0) is 16.2. The predicted molar refractivity (Wildman–Crippen MR) is 84.4 cm³/mol. The van der Waals surface area contributed by atoms with E-state index >= 15 is 0 Å². The zero-order valence-electron chi connectivity index (χ0n) is 13.6. The lowest BCUT2D eigenvalue weighted by atomic mass is 10.1. The SMILES string of the molecule is CCCCCN(C(C)C)S(=O)(=O)c1c(C)cc(C)cc1F. The van der Waals surface area contributed by atoms with Crippen molar-refractivity contribution in [2.75, 3.05) is 6.54 Å². The summed E-state index contributed by atoms with van der Waals surface area (Å²) < 4.78 is 41.2. The van der Waals surface area contributed by atoms with Crippen molar-refractivity contribution in [3.8, 4) is 0 Å². The smallest absolute Gasteiger partial charge is 0.207 e. The zero-order valence-corrected chi connectivity index (χ0v) is 14.4. The number of hydrogen-bond acceptors (Lipinski definition) is 2. The molecule has 120 valence electrons. The Balaban J connectivity index is 3.23. The van der Waals surface area contributed by atoms with Crippen molar-refractivity contribution in [1.29, 1.82) is 0 Å². The molecule has 1 aromatic rings. The largest absolute Gasteiger partial charge is 0.246 e.